The monoisotopic (exact) mass is 284 g/mol. The van der Waals surface area contributed by atoms with E-state index in [1.54, 1.807) is 0 Å². The molecule has 21 heavy (non-hydrogen) atoms. The minimum atomic E-state index is -0.665. The van der Waals surface area contributed by atoms with E-state index in [-0.39, 0.29) is 5.41 Å². The normalized spacial score (nSPS) is 13.0. The molecule has 0 radical (unpaired) electrons. The molecular formula is C19H24O2. The molecule has 2 aromatic rings. The number of aliphatic hydroxyl groups is 1. The van der Waals surface area contributed by atoms with Crippen LogP contribution in [0.1, 0.15) is 50.5 Å². The van der Waals surface area contributed by atoms with Crippen molar-refractivity contribution in [2.24, 2.45) is 0 Å². The third-order valence-electron chi connectivity index (χ3n) is 3.61. The van der Waals surface area contributed by atoms with E-state index in [1.807, 2.05) is 43.3 Å². The van der Waals surface area contributed by atoms with Gasteiger partial charge in [-0.2, -0.15) is 0 Å². The van der Waals surface area contributed by atoms with E-state index in [0.717, 1.165) is 16.9 Å². The topological polar surface area (TPSA) is 29.5 Å². The third kappa shape index (κ3) is 3.64. The van der Waals surface area contributed by atoms with Gasteiger partial charge in [0.1, 0.15) is 11.9 Å². The first-order chi connectivity index (χ1) is 9.93. The number of benzene rings is 2. The number of hydrogen-bond acceptors (Lipinski definition) is 2. The molecule has 0 amide bonds. The lowest BCUT2D eigenvalue weighted by atomic mass is 9.86. The first kappa shape index (κ1) is 15.6. The van der Waals surface area contributed by atoms with Gasteiger partial charge >= 0.3 is 0 Å². The summed E-state index contributed by atoms with van der Waals surface area (Å²) in [7, 11) is 0. The summed E-state index contributed by atoms with van der Waals surface area (Å²) in [5, 5.41) is 10.6. The van der Waals surface area contributed by atoms with E-state index < -0.39 is 6.10 Å². The van der Waals surface area contributed by atoms with Gasteiger partial charge in [-0.1, -0.05) is 63.2 Å². The molecule has 112 valence electrons. The second-order valence-corrected chi connectivity index (χ2v) is 6.25. The molecule has 0 aliphatic carbocycles. The Balaban J connectivity index is 2.30. The Hall–Kier alpha value is -1.80. The van der Waals surface area contributed by atoms with Crippen LogP contribution in [0.2, 0.25) is 0 Å². The third-order valence-corrected chi connectivity index (χ3v) is 3.61. The average Bonchev–Trinajstić information content (AvgIpc) is 2.47. The molecule has 1 unspecified atom stereocenters. The lowest BCUT2D eigenvalue weighted by Crippen LogP contribution is -2.11. The molecule has 2 aromatic carbocycles. The molecule has 0 aliphatic heterocycles. The maximum absolute atomic E-state index is 10.6. The van der Waals surface area contributed by atoms with Crippen LogP contribution in [-0.4, -0.2) is 11.7 Å². The molecule has 0 saturated carbocycles. The van der Waals surface area contributed by atoms with Crippen LogP contribution in [0.3, 0.4) is 0 Å². The van der Waals surface area contributed by atoms with Crippen LogP contribution in [-0.2, 0) is 5.41 Å². The predicted octanol–water partition coefficient (Wildman–Crippen LogP) is 4.46. The SMILES string of the molecule is CCOc1ccccc1C(O)c1ccc(C(C)(C)C)cc1. The molecule has 2 heteroatoms. The van der Waals surface area contributed by atoms with Gasteiger partial charge in [0.05, 0.1) is 6.61 Å². The number of hydrogen-bond donors (Lipinski definition) is 1. The van der Waals surface area contributed by atoms with Crippen LogP contribution in [0.4, 0.5) is 0 Å². The van der Waals surface area contributed by atoms with Crippen molar-refractivity contribution in [3.05, 3.63) is 65.2 Å². The molecule has 0 saturated heterocycles. The Morgan fingerprint density at radius 2 is 1.62 bits per heavy atom. The van der Waals surface area contributed by atoms with E-state index in [1.165, 1.54) is 5.56 Å². The first-order valence-electron chi connectivity index (χ1n) is 7.43. The van der Waals surface area contributed by atoms with Crippen LogP contribution < -0.4 is 4.74 Å². The van der Waals surface area contributed by atoms with Gasteiger partial charge in [-0.3, -0.25) is 0 Å². The first-order valence-corrected chi connectivity index (χ1v) is 7.43. The molecule has 2 rings (SSSR count). The Kier molecular flexibility index (Phi) is 4.69. The van der Waals surface area contributed by atoms with E-state index in [9.17, 15) is 5.11 Å². The van der Waals surface area contributed by atoms with Crippen LogP contribution in [0, 0.1) is 0 Å². The van der Waals surface area contributed by atoms with Gasteiger partial charge in [0.25, 0.3) is 0 Å². The maximum atomic E-state index is 10.6. The summed E-state index contributed by atoms with van der Waals surface area (Å²) >= 11 is 0. The minimum Gasteiger partial charge on any atom is -0.493 e. The molecular weight excluding hydrogens is 260 g/mol. The van der Waals surface area contributed by atoms with Crippen molar-refractivity contribution in [3.63, 3.8) is 0 Å². The molecule has 1 N–H and O–H groups in total. The van der Waals surface area contributed by atoms with Crippen molar-refractivity contribution in [3.8, 4) is 5.75 Å². The zero-order valence-corrected chi connectivity index (χ0v) is 13.3. The maximum Gasteiger partial charge on any atom is 0.125 e. The summed E-state index contributed by atoms with van der Waals surface area (Å²) < 4.78 is 5.60. The predicted molar refractivity (Wildman–Crippen MR) is 86.8 cm³/mol. The highest BCUT2D eigenvalue weighted by Gasteiger charge is 2.17. The van der Waals surface area contributed by atoms with Crippen molar-refractivity contribution in [2.45, 2.75) is 39.2 Å². The van der Waals surface area contributed by atoms with E-state index in [2.05, 4.69) is 32.9 Å². The highest BCUT2D eigenvalue weighted by Crippen LogP contribution is 2.31. The van der Waals surface area contributed by atoms with Gasteiger partial charge in [-0.05, 0) is 29.5 Å². The molecule has 0 aromatic heterocycles. The van der Waals surface area contributed by atoms with Crippen molar-refractivity contribution < 1.29 is 9.84 Å². The summed E-state index contributed by atoms with van der Waals surface area (Å²) in [6.45, 7) is 9.09. The van der Waals surface area contributed by atoms with Gasteiger partial charge in [0.15, 0.2) is 0 Å². The number of rotatable bonds is 4. The lowest BCUT2D eigenvalue weighted by molar-refractivity contribution is 0.212. The van der Waals surface area contributed by atoms with E-state index in [4.69, 9.17) is 4.74 Å². The Bertz CT molecular complexity index is 579. The summed E-state index contributed by atoms with van der Waals surface area (Å²) in [6.07, 6.45) is -0.665. The molecule has 0 bridgehead atoms. The van der Waals surface area contributed by atoms with Gasteiger partial charge in [0, 0.05) is 5.56 Å². The standard InChI is InChI=1S/C19H24O2/c1-5-21-17-9-7-6-8-16(17)18(20)14-10-12-15(13-11-14)19(2,3)4/h6-13,18,20H,5H2,1-4H3. The molecule has 1 atom stereocenters. The van der Waals surface area contributed by atoms with Crippen molar-refractivity contribution in [1.82, 2.24) is 0 Å². The molecule has 0 heterocycles. The summed E-state index contributed by atoms with van der Waals surface area (Å²) in [5.41, 5.74) is 3.07. The van der Waals surface area contributed by atoms with Crippen LogP contribution in [0.15, 0.2) is 48.5 Å². The van der Waals surface area contributed by atoms with Gasteiger partial charge in [-0.25, -0.2) is 0 Å². The van der Waals surface area contributed by atoms with Crippen molar-refractivity contribution >= 4 is 0 Å². The van der Waals surface area contributed by atoms with E-state index >= 15 is 0 Å². The van der Waals surface area contributed by atoms with Crippen molar-refractivity contribution in [2.75, 3.05) is 6.61 Å². The number of aliphatic hydroxyl groups excluding tert-OH is 1. The quantitative estimate of drug-likeness (QED) is 0.898. The Morgan fingerprint density at radius 3 is 2.19 bits per heavy atom. The zero-order chi connectivity index (χ0) is 15.5. The minimum absolute atomic E-state index is 0.118. The molecule has 0 fully saturated rings. The fraction of sp³-hybridized carbons (Fsp3) is 0.368. The molecule has 0 spiro atoms. The highest BCUT2D eigenvalue weighted by atomic mass is 16.5. The Labute approximate surface area is 127 Å². The summed E-state index contributed by atoms with van der Waals surface area (Å²) in [4.78, 5) is 0. The fourth-order valence-corrected chi connectivity index (χ4v) is 2.34. The van der Waals surface area contributed by atoms with Gasteiger partial charge < -0.3 is 9.84 Å². The average molecular weight is 284 g/mol. The second kappa shape index (κ2) is 6.31. The zero-order valence-electron chi connectivity index (χ0n) is 13.3. The Morgan fingerprint density at radius 1 is 1.00 bits per heavy atom. The number of para-hydroxylation sites is 1. The number of ether oxygens (including phenoxy) is 1. The van der Waals surface area contributed by atoms with Crippen LogP contribution in [0.25, 0.3) is 0 Å². The summed E-state index contributed by atoms with van der Waals surface area (Å²) in [6, 6.07) is 15.8. The van der Waals surface area contributed by atoms with Gasteiger partial charge in [-0.15, -0.1) is 0 Å². The molecule has 0 aliphatic rings. The van der Waals surface area contributed by atoms with Gasteiger partial charge in [0.2, 0.25) is 0 Å². The fourth-order valence-electron chi connectivity index (χ4n) is 2.34. The second-order valence-electron chi connectivity index (χ2n) is 6.25. The van der Waals surface area contributed by atoms with Crippen molar-refractivity contribution in [1.29, 1.82) is 0 Å². The summed E-state index contributed by atoms with van der Waals surface area (Å²) in [5.74, 6) is 0.743. The largest absolute Gasteiger partial charge is 0.493 e. The highest BCUT2D eigenvalue weighted by molar-refractivity contribution is 5.41. The smallest absolute Gasteiger partial charge is 0.125 e. The lowest BCUT2D eigenvalue weighted by Gasteiger charge is -2.21. The van der Waals surface area contributed by atoms with Crippen LogP contribution >= 0.6 is 0 Å². The van der Waals surface area contributed by atoms with E-state index in [0.29, 0.717) is 6.61 Å². The molecule has 2 nitrogen and oxygen atoms in total. The van der Waals surface area contributed by atoms with Crippen LogP contribution in [0.5, 0.6) is 5.75 Å².